The van der Waals surface area contributed by atoms with Gasteiger partial charge in [0.1, 0.15) is 11.6 Å². The third kappa shape index (κ3) is 4.80. The molecule has 2 amide bonds. The topological polar surface area (TPSA) is 84.3 Å². The summed E-state index contributed by atoms with van der Waals surface area (Å²) >= 11 is 1.76. The molecule has 8 nitrogen and oxygen atoms in total. The second-order valence-corrected chi connectivity index (χ2v) is 8.61. The average molecular weight is 427 g/mol. The molecule has 1 saturated heterocycles. The van der Waals surface area contributed by atoms with Crippen LogP contribution < -0.4 is 15.4 Å². The van der Waals surface area contributed by atoms with Gasteiger partial charge in [0.2, 0.25) is 0 Å². The van der Waals surface area contributed by atoms with Crippen molar-refractivity contribution in [2.24, 2.45) is 0 Å². The van der Waals surface area contributed by atoms with E-state index < -0.39 is 0 Å². The monoisotopic (exact) mass is 426 g/mol. The largest absolute Gasteiger partial charge is 0.495 e. The summed E-state index contributed by atoms with van der Waals surface area (Å²) in [6.45, 7) is 4.98. The van der Waals surface area contributed by atoms with Crippen LogP contribution >= 0.6 is 11.3 Å². The minimum absolute atomic E-state index is 0.265. The highest BCUT2D eigenvalue weighted by molar-refractivity contribution is 7.11. The van der Waals surface area contributed by atoms with Crippen molar-refractivity contribution in [1.82, 2.24) is 19.7 Å². The third-order valence-electron chi connectivity index (χ3n) is 5.22. The van der Waals surface area contributed by atoms with Gasteiger partial charge in [-0.25, -0.2) is 14.5 Å². The zero-order valence-electron chi connectivity index (χ0n) is 17.2. The highest BCUT2D eigenvalue weighted by Crippen LogP contribution is 2.27. The Hall–Kier alpha value is -2.91. The van der Waals surface area contributed by atoms with Crippen molar-refractivity contribution in [1.29, 1.82) is 0 Å². The van der Waals surface area contributed by atoms with Gasteiger partial charge in [0.05, 0.1) is 30.0 Å². The van der Waals surface area contributed by atoms with E-state index in [9.17, 15) is 4.79 Å². The van der Waals surface area contributed by atoms with Crippen LogP contribution in [0, 0.1) is 6.92 Å². The lowest BCUT2D eigenvalue weighted by molar-refractivity contribution is 0.175. The lowest BCUT2D eigenvalue weighted by atomic mass is 10.1. The number of carbonyl (C=O) groups excluding carboxylic acids is 1. The Balaban J connectivity index is 1.34. The maximum absolute atomic E-state index is 12.5. The molecule has 3 heterocycles. The second-order valence-electron chi connectivity index (χ2n) is 7.29. The molecule has 30 heavy (non-hydrogen) atoms. The Bertz CT molecular complexity index is 993. The molecular weight excluding hydrogens is 400 g/mol. The van der Waals surface area contributed by atoms with Crippen molar-refractivity contribution >= 4 is 28.9 Å². The molecule has 1 aliphatic rings. The number of thiazole rings is 1. The fraction of sp³-hybridized carbons (Fsp3) is 0.381. The van der Waals surface area contributed by atoms with Crippen molar-refractivity contribution in [3.05, 3.63) is 52.6 Å². The van der Waals surface area contributed by atoms with Gasteiger partial charge < -0.3 is 10.1 Å². The first-order valence-electron chi connectivity index (χ1n) is 10.0. The fourth-order valence-electron chi connectivity index (χ4n) is 3.74. The quantitative estimate of drug-likeness (QED) is 0.619. The van der Waals surface area contributed by atoms with Crippen molar-refractivity contribution in [3.8, 4) is 5.75 Å². The average Bonchev–Trinajstić information content (AvgIpc) is 3.37. The standard InChI is InChI=1S/C21H26N6O2S/c1-15-22-13-17(30-15)14-26-11-8-16(9-12-26)27-20(7-10-23-27)25-21(28)24-18-5-3-4-6-19(18)29-2/h3-7,10,13,16H,8-9,11-12,14H2,1-2H3,(H2,24,25,28). The molecule has 0 aliphatic carbocycles. The summed E-state index contributed by atoms with van der Waals surface area (Å²) in [5.74, 6) is 1.31. The molecule has 1 aromatic carbocycles. The zero-order valence-corrected chi connectivity index (χ0v) is 18.0. The van der Waals surface area contributed by atoms with Crippen LogP contribution in [0.4, 0.5) is 16.3 Å². The van der Waals surface area contributed by atoms with E-state index in [1.807, 2.05) is 36.0 Å². The minimum Gasteiger partial charge on any atom is -0.495 e. The van der Waals surface area contributed by atoms with Gasteiger partial charge in [-0.15, -0.1) is 11.3 Å². The van der Waals surface area contributed by atoms with Crippen LogP contribution in [-0.4, -0.2) is 45.9 Å². The van der Waals surface area contributed by atoms with E-state index in [2.05, 4.69) is 25.6 Å². The van der Waals surface area contributed by atoms with Gasteiger partial charge in [-0.05, 0) is 31.9 Å². The molecular formula is C21H26N6O2S. The van der Waals surface area contributed by atoms with E-state index in [0.717, 1.165) is 37.5 Å². The molecule has 0 saturated carbocycles. The molecule has 2 aromatic heterocycles. The molecule has 4 rings (SSSR count). The van der Waals surface area contributed by atoms with E-state index in [1.165, 1.54) is 4.88 Å². The van der Waals surface area contributed by atoms with Gasteiger partial charge in [0.25, 0.3) is 0 Å². The van der Waals surface area contributed by atoms with Crippen molar-refractivity contribution in [2.75, 3.05) is 30.8 Å². The molecule has 9 heteroatoms. The van der Waals surface area contributed by atoms with E-state index in [1.54, 1.807) is 36.8 Å². The number of benzene rings is 1. The SMILES string of the molecule is COc1ccccc1NC(=O)Nc1ccnn1C1CCN(Cc2cnc(C)s2)CC1. The lowest BCUT2D eigenvalue weighted by Gasteiger charge is -2.32. The Morgan fingerprint density at radius 2 is 2.03 bits per heavy atom. The first-order chi connectivity index (χ1) is 14.6. The first-order valence-corrected chi connectivity index (χ1v) is 10.8. The van der Waals surface area contributed by atoms with Crippen molar-refractivity contribution < 1.29 is 9.53 Å². The van der Waals surface area contributed by atoms with Gasteiger partial charge in [-0.2, -0.15) is 5.10 Å². The molecule has 0 spiro atoms. The Labute approximate surface area is 179 Å². The van der Waals surface area contributed by atoms with Crippen LogP contribution in [0.1, 0.15) is 28.8 Å². The van der Waals surface area contributed by atoms with E-state index in [-0.39, 0.29) is 12.1 Å². The fourth-order valence-corrected chi connectivity index (χ4v) is 4.58. The Kier molecular flexibility index (Phi) is 6.29. The summed E-state index contributed by atoms with van der Waals surface area (Å²) in [5, 5.41) is 11.3. The zero-order chi connectivity index (χ0) is 20.9. The summed E-state index contributed by atoms with van der Waals surface area (Å²) in [4.78, 5) is 20.6. The number of nitrogens with one attached hydrogen (secondary N) is 2. The molecule has 0 unspecified atom stereocenters. The summed E-state index contributed by atoms with van der Waals surface area (Å²) in [6.07, 6.45) is 5.68. The number of hydrogen-bond donors (Lipinski definition) is 2. The lowest BCUT2D eigenvalue weighted by Crippen LogP contribution is -2.35. The van der Waals surface area contributed by atoms with Crippen LogP contribution in [-0.2, 0) is 6.54 Å². The third-order valence-corrected chi connectivity index (χ3v) is 6.12. The smallest absolute Gasteiger partial charge is 0.324 e. The molecule has 2 N–H and O–H groups in total. The van der Waals surface area contributed by atoms with Crippen LogP contribution in [0.2, 0.25) is 0 Å². The van der Waals surface area contributed by atoms with Crippen molar-refractivity contribution in [3.63, 3.8) is 0 Å². The van der Waals surface area contributed by atoms with Crippen molar-refractivity contribution in [2.45, 2.75) is 32.4 Å². The number of amides is 2. The van der Waals surface area contributed by atoms with E-state index in [0.29, 0.717) is 17.3 Å². The number of rotatable bonds is 6. The second kappa shape index (κ2) is 9.27. The summed E-state index contributed by atoms with van der Waals surface area (Å²) in [7, 11) is 1.58. The molecule has 0 bridgehead atoms. The van der Waals surface area contributed by atoms with Gasteiger partial charge in [-0.3, -0.25) is 10.2 Å². The predicted octanol–water partition coefficient (Wildman–Crippen LogP) is 4.14. The first kappa shape index (κ1) is 20.4. The number of ether oxygens (including phenoxy) is 1. The predicted molar refractivity (Wildman–Crippen MR) is 118 cm³/mol. The van der Waals surface area contributed by atoms with Crippen LogP contribution in [0.25, 0.3) is 0 Å². The number of methoxy groups -OCH3 is 1. The number of para-hydroxylation sites is 2. The molecule has 1 fully saturated rings. The van der Waals surface area contributed by atoms with Gasteiger partial charge in [-0.1, -0.05) is 12.1 Å². The molecule has 0 radical (unpaired) electrons. The van der Waals surface area contributed by atoms with E-state index >= 15 is 0 Å². The number of nitrogens with zero attached hydrogens (tertiary/aromatic N) is 4. The van der Waals surface area contributed by atoms with E-state index in [4.69, 9.17) is 4.74 Å². The number of likely N-dealkylation sites (tertiary alicyclic amines) is 1. The van der Waals surface area contributed by atoms with Gasteiger partial charge in [0, 0.05) is 36.8 Å². The Morgan fingerprint density at radius 3 is 2.77 bits per heavy atom. The van der Waals surface area contributed by atoms with Crippen LogP contribution in [0.15, 0.2) is 42.7 Å². The number of carbonyl (C=O) groups is 1. The number of aryl methyl sites for hydroxylation is 1. The molecule has 1 aliphatic heterocycles. The maximum Gasteiger partial charge on any atom is 0.324 e. The highest BCUT2D eigenvalue weighted by Gasteiger charge is 2.23. The van der Waals surface area contributed by atoms with Crippen LogP contribution in [0.5, 0.6) is 5.75 Å². The number of piperidine rings is 1. The molecule has 3 aromatic rings. The van der Waals surface area contributed by atoms with Gasteiger partial charge in [0.15, 0.2) is 0 Å². The molecule has 158 valence electrons. The summed E-state index contributed by atoms with van der Waals surface area (Å²) in [6, 6.07) is 9.09. The normalized spacial score (nSPS) is 15.1. The minimum atomic E-state index is -0.320. The maximum atomic E-state index is 12.5. The summed E-state index contributed by atoms with van der Waals surface area (Å²) < 4.78 is 7.21. The highest BCUT2D eigenvalue weighted by atomic mass is 32.1. The Morgan fingerprint density at radius 1 is 1.23 bits per heavy atom. The number of aromatic nitrogens is 3. The summed E-state index contributed by atoms with van der Waals surface area (Å²) in [5.41, 5.74) is 0.621. The molecule has 0 atom stereocenters. The van der Waals surface area contributed by atoms with Gasteiger partial charge >= 0.3 is 6.03 Å². The number of anilines is 2. The van der Waals surface area contributed by atoms with Crippen LogP contribution in [0.3, 0.4) is 0 Å². The number of hydrogen-bond acceptors (Lipinski definition) is 6. The number of urea groups is 1.